The molecule has 0 unspecified atom stereocenters. The summed E-state index contributed by atoms with van der Waals surface area (Å²) in [6.07, 6.45) is 0.126. The van der Waals surface area contributed by atoms with Crippen molar-refractivity contribution in [1.82, 2.24) is 0 Å². The number of hydrogen-bond acceptors (Lipinski definition) is 1. The Balaban J connectivity index is 2.45. The van der Waals surface area contributed by atoms with Crippen molar-refractivity contribution >= 4 is 0 Å². The van der Waals surface area contributed by atoms with Crippen molar-refractivity contribution in [2.45, 2.75) is 38.0 Å². The van der Waals surface area contributed by atoms with Gasteiger partial charge < -0.3 is 5.73 Å². The molecule has 0 saturated heterocycles. The minimum atomic E-state index is -2.76. The van der Waals surface area contributed by atoms with Gasteiger partial charge in [0.05, 0.1) is 5.56 Å². The summed E-state index contributed by atoms with van der Waals surface area (Å²) in [4.78, 5) is 0. The molecule has 1 saturated carbocycles. The second kappa shape index (κ2) is 4.33. The van der Waals surface area contributed by atoms with Gasteiger partial charge in [0.1, 0.15) is 5.82 Å². The van der Waals surface area contributed by atoms with Gasteiger partial charge in [0.25, 0.3) is 6.43 Å². The maximum Gasteiger partial charge on any atom is 0.266 e. The maximum absolute atomic E-state index is 13.7. The molecule has 4 heteroatoms. The fourth-order valence-corrected chi connectivity index (χ4v) is 2.55. The largest absolute Gasteiger partial charge is 0.330 e. The van der Waals surface area contributed by atoms with Crippen LogP contribution >= 0.6 is 0 Å². The first-order valence-electron chi connectivity index (χ1n) is 5.79. The molecular formula is C13H16F3N. The van der Waals surface area contributed by atoms with E-state index in [1.54, 1.807) is 6.07 Å². The third kappa shape index (κ3) is 1.95. The summed E-state index contributed by atoms with van der Waals surface area (Å²) in [5, 5.41) is 0. The van der Waals surface area contributed by atoms with Crippen LogP contribution in [0.2, 0.25) is 0 Å². The van der Waals surface area contributed by atoms with Crippen molar-refractivity contribution in [3.63, 3.8) is 0 Å². The predicted octanol–water partition coefficient (Wildman–Crippen LogP) is 3.45. The summed E-state index contributed by atoms with van der Waals surface area (Å²) >= 11 is 0. The van der Waals surface area contributed by atoms with Crippen LogP contribution in [-0.2, 0) is 5.41 Å². The van der Waals surface area contributed by atoms with Crippen LogP contribution in [0.1, 0.15) is 42.4 Å². The van der Waals surface area contributed by atoms with E-state index in [4.69, 9.17) is 5.73 Å². The zero-order valence-electron chi connectivity index (χ0n) is 9.77. The smallest absolute Gasteiger partial charge is 0.266 e. The first kappa shape index (κ1) is 12.4. The third-order valence-corrected chi connectivity index (χ3v) is 3.87. The van der Waals surface area contributed by atoms with E-state index in [9.17, 15) is 13.2 Å². The first-order valence-corrected chi connectivity index (χ1v) is 5.79. The van der Waals surface area contributed by atoms with E-state index in [-0.39, 0.29) is 5.41 Å². The molecule has 0 amide bonds. The van der Waals surface area contributed by atoms with Gasteiger partial charge in [0, 0.05) is 12.0 Å². The summed E-state index contributed by atoms with van der Waals surface area (Å²) in [7, 11) is 0. The van der Waals surface area contributed by atoms with E-state index in [0.717, 1.165) is 24.8 Å². The van der Waals surface area contributed by atoms with Crippen molar-refractivity contribution < 1.29 is 13.2 Å². The Morgan fingerprint density at radius 1 is 1.35 bits per heavy atom. The van der Waals surface area contributed by atoms with Crippen LogP contribution in [-0.4, -0.2) is 6.54 Å². The van der Waals surface area contributed by atoms with Crippen LogP contribution in [0, 0.1) is 12.7 Å². The Morgan fingerprint density at radius 3 is 2.35 bits per heavy atom. The number of aryl methyl sites for hydroxylation is 1. The predicted molar refractivity (Wildman–Crippen MR) is 60.7 cm³/mol. The van der Waals surface area contributed by atoms with Crippen LogP contribution in [0.3, 0.4) is 0 Å². The summed E-state index contributed by atoms with van der Waals surface area (Å²) in [5.41, 5.74) is 6.14. The molecule has 0 aliphatic heterocycles. The van der Waals surface area contributed by atoms with Crippen LogP contribution in [0.5, 0.6) is 0 Å². The lowest BCUT2D eigenvalue weighted by molar-refractivity contribution is 0.145. The molecule has 0 heterocycles. The molecule has 1 aliphatic carbocycles. The van der Waals surface area contributed by atoms with E-state index in [1.807, 2.05) is 0 Å². The summed E-state index contributed by atoms with van der Waals surface area (Å²) < 4.78 is 38.9. The molecule has 2 N–H and O–H groups in total. The number of nitrogens with two attached hydrogens (primary N) is 1. The minimum absolute atomic E-state index is 0.188. The maximum atomic E-state index is 13.7. The van der Waals surface area contributed by atoms with E-state index in [2.05, 4.69) is 0 Å². The van der Waals surface area contributed by atoms with Gasteiger partial charge in [-0.1, -0.05) is 12.5 Å². The normalized spacial score (nSPS) is 18.2. The highest BCUT2D eigenvalue weighted by molar-refractivity contribution is 5.38. The molecule has 1 aliphatic rings. The molecule has 0 bridgehead atoms. The zero-order valence-corrected chi connectivity index (χ0v) is 9.77. The highest BCUT2D eigenvalue weighted by Crippen LogP contribution is 2.44. The van der Waals surface area contributed by atoms with Crippen molar-refractivity contribution in [2.24, 2.45) is 5.73 Å². The Hall–Kier alpha value is -1.03. The number of halogens is 3. The summed E-state index contributed by atoms with van der Waals surface area (Å²) in [6.45, 7) is 1.97. The molecule has 17 heavy (non-hydrogen) atoms. The summed E-state index contributed by atoms with van der Waals surface area (Å²) in [6, 6.07) is 2.90. The summed E-state index contributed by atoms with van der Waals surface area (Å²) in [5.74, 6) is -0.810. The Morgan fingerprint density at radius 2 is 2.00 bits per heavy atom. The quantitative estimate of drug-likeness (QED) is 0.864. The lowest BCUT2D eigenvalue weighted by Gasteiger charge is -2.41. The molecule has 1 aromatic carbocycles. The molecule has 0 radical (unpaired) electrons. The van der Waals surface area contributed by atoms with E-state index in [0.29, 0.717) is 12.1 Å². The average Bonchev–Trinajstić information content (AvgIpc) is 2.14. The molecule has 1 fully saturated rings. The Bertz CT molecular complexity index is 396. The van der Waals surface area contributed by atoms with Gasteiger partial charge in [-0.05, 0) is 37.0 Å². The van der Waals surface area contributed by atoms with Gasteiger partial charge in [-0.3, -0.25) is 0 Å². The van der Waals surface area contributed by atoms with E-state index < -0.39 is 17.8 Å². The van der Waals surface area contributed by atoms with Gasteiger partial charge in [-0.25, -0.2) is 13.2 Å². The van der Waals surface area contributed by atoms with Gasteiger partial charge in [0.2, 0.25) is 0 Å². The van der Waals surface area contributed by atoms with Crippen molar-refractivity contribution in [3.05, 3.63) is 34.6 Å². The van der Waals surface area contributed by atoms with Crippen molar-refractivity contribution in [1.29, 1.82) is 0 Å². The topological polar surface area (TPSA) is 26.0 Å². The molecule has 1 nitrogen and oxygen atoms in total. The number of alkyl halides is 2. The second-order valence-electron chi connectivity index (χ2n) is 4.83. The molecule has 0 atom stereocenters. The molecule has 0 spiro atoms. The zero-order chi connectivity index (χ0) is 12.6. The Labute approximate surface area is 98.8 Å². The molecule has 1 aromatic rings. The lowest BCUT2D eigenvalue weighted by Crippen LogP contribution is -2.41. The van der Waals surface area contributed by atoms with Crippen LogP contribution < -0.4 is 5.73 Å². The number of rotatable bonds is 3. The highest BCUT2D eigenvalue weighted by atomic mass is 19.3. The lowest BCUT2D eigenvalue weighted by atomic mass is 9.64. The van der Waals surface area contributed by atoms with Gasteiger partial charge >= 0.3 is 0 Å². The van der Waals surface area contributed by atoms with E-state index in [1.165, 1.54) is 13.0 Å². The van der Waals surface area contributed by atoms with Crippen LogP contribution in [0.15, 0.2) is 12.1 Å². The molecular weight excluding hydrogens is 227 g/mol. The highest BCUT2D eigenvalue weighted by Gasteiger charge is 2.38. The standard InChI is InChI=1S/C13H16F3N/c1-8-5-9(13(7-17)3-2-4-13)6-10(14)11(8)12(15)16/h5-6,12H,2-4,7,17H2,1H3. The Kier molecular flexibility index (Phi) is 3.17. The molecule has 94 valence electrons. The minimum Gasteiger partial charge on any atom is -0.330 e. The van der Waals surface area contributed by atoms with Gasteiger partial charge in [0.15, 0.2) is 0 Å². The third-order valence-electron chi connectivity index (χ3n) is 3.87. The van der Waals surface area contributed by atoms with Crippen LogP contribution in [0.4, 0.5) is 13.2 Å². The SMILES string of the molecule is Cc1cc(C2(CN)CCC2)cc(F)c1C(F)F. The fraction of sp³-hybridized carbons (Fsp3) is 0.538. The van der Waals surface area contributed by atoms with E-state index >= 15 is 0 Å². The number of benzene rings is 1. The molecule has 2 rings (SSSR count). The van der Waals surface area contributed by atoms with Crippen LogP contribution in [0.25, 0.3) is 0 Å². The number of hydrogen-bond donors (Lipinski definition) is 1. The molecule has 0 aromatic heterocycles. The fourth-order valence-electron chi connectivity index (χ4n) is 2.55. The average molecular weight is 243 g/mol. The van der Waals surface area contributed by atoms with Crippen molar-refractivity contribution in [3.8, 4) is 0 Å². The monoisotopic (exact) mass is 243 g/mol. The first-order chi connectivity index (χ1) is 8.00. The van der Waals surface area contributed by atoms with Crippen molar-refractivity contribution in [2.75, 3.05) is 6.54 Å². The van der Waals surface area contributed by atoms with Gasteiger partial charge in [-0.2, -0.15) is 0 Å². The van der Waals surface area contributed by atoms with Gasteiger partial charge in [-0.15, -0.1) is 0 Å². The second-order valence-corrected chi connectivity index (χ2v) is 4.83.